The number of piperidine rings is 1. The quantitative estimate of drug-likeness (QED) is 0.592. The Morgan fingerprint density at radius 3 is 2.16 bits per heavy atom. The average molecular weight is 441 g/mol. The zero-order valence-corrected chi connectivity index (χ0v) is 18.1. The molecule has 1 saturated heterocycles. The zero-order valence-electron chi connectivity index (χ0n) is 17.3. The van der Waals surface area contributed by atoms with Crippen molar-refractivity contribution in [1.29, 1.82) is 0 Å². The molecule has 0 radical (unpaired) electrons. The summed E-state index contributed by atoms with van der Waals surface area (Å²) in [5, 5.41) is 0. The highest BCUT2D eigenvalue weighted by molar-refractivity contribution is 7.92. The van der Waals surface area contributed by atoms with E-state index in [0.717, 1.165) is 42.7 Å². The van der Waals surface area contributed by atoms with E-state index in [4.69, 9.17) is 4.74 Å². The second-order valence-electron chi connectivity index (χ2n) is 7.63. The van der Waals surface area contributed by atoms with Crippen LogP contribution in [0.2, 0.25) is 0 Å². The summed E-state index contributed by atoms with van der Waals surface area (Å²) < 4.78 is 46.8. The summed E-state index contributed by atoms with van der Waals surface area (Å²) >= 11 is 0. The smallest absolute Gasteiger partial charge is 0.261 e. The first-order valence-electron chi connectivity index (χ1n) is 10.2. The lowest BCUT2D eigenvalue weighted by molar-refractivity contribution is 0.0893. The maximum Gasteiger partial charge on any atom is 0.261 e. The number of rotatable bonds is 6. The summed E-state index contributed by atoms with van der Waals surface area (Å²) in [6.45, 7) is 1.80. The number of sulfonamides is 1. The van der Waals surface area contributed by atoms with Crippen molar-refractivity contribution in [3.8, 4) is 11.1 Å². The van der Waals surface area contributed by atoms with Crippen molar-refractivity contribution < 1.29 is 17.5 Å². The van der Waals surface area contributed by atoms with Crippen molar-refractivity contribution in [3.05, 3.63) is 78.6 Å². The molecule has 5 nitrogen and oxygen atoms in total. The van der Waals surface area contributed by atoms with E-state index >= 15 is 0 Å². The Bertz CT molecular complexity index is 1110. The van der Waals surface area contributed by atoms with Crippen molar-refractivity contribution in [2.75, 3.05) is 29.8 Å². The van der Waals surface area contributed by atoms with E-state index in [1.54, 1.807) is 55.6 Å². The molecule has 3 aromatic carbocycles. The normalized spacial score (nSPS) is 16.8. The molecule has 162 valence electrons. The van der Waals surface area contributed by atoms with Gasteiger partial charge in [0.1, 0.15) is 5.82 Å². The number of halogens is 1. The summed E-state index contributed by atoms with van der Waals surface area (Å²) in [5.41, 5.74) is 3.20. The van der Waals surface area contributed by atoms with Crippen molar-refractivity contribution in [3.63, 3.8) is 0 Å². The second-order valence-corrected chi connectivity index (χ2v) is 9.31. The summed E-state index contributed by atoms with van der Waals surface area (Å²) in [6, 6.07) is 20.0. The molecule has 1 atom stereocenters. The molecule has 3 aromatic rings. The Labute approximate surface area is 182 Å². The predicted octanol–water partition coefficient (Wildman–Crippen LogP) is 4.91. The third kappa shape index (κ3) is 5.06. The molecule has 7 heteroatoms. The van der Waals surface area contributed by atoms with Crippen LogP contribution in [0.4, 0.5) is 15.8 Å². The SMILES string of the molecule is COC1CCCN(c2ccc(NS(=O)(=O)c3ccc(-c4ccc(F)cc4)cc3)cc2)C1. The first-order chi connectivity index (χ1) is 14.9. The Morgan fingerprint density at radius 2 is 1.55 bits per heavy atom. The molecule has 0 saturated carbocycles. The fraction of sp³-hybridized carbons (Fsp3) is 0.250. The molecule has 4 rings (SSSR count). The molecular formula is C24H25FN2O3S. The maximum atomic E-state index is 13.1. The van der Waals surface area contributed by atoms with Crippen LogP contribution in [0, 0.1) is 5.82 Å². The molecule has 1 fully saturated rings. The Morgan fingerprint density at radius 1 is 0.935 bits per heavy atom. The van der Waals surface area contributed by atoms with Crippen molar-refractivity contribution in [1.82, 2.24) is 0 Å². The van der Waals surface area contributed by atoms with E-state index in [1.807, 2.05) is 12.1 Å². The molecule has 0 bridgehead atoms. The lowest BCUT2D eigenvalue weighted by Crippen LogP contribution is -2.39. The van der Waals surface area contributed by atoms with E-state index in [9.17, 15) is 12.8 Å². The largest absolute Gasteiger partial charge is 0.380 e. The van der Waals surface area contributed by atoms with Crippen LogP contribution in [0.1, 0.15) is 12.8 Å². The monoisotopic (exact) mass is 440 g/mol. The summed E-state index contributed by atoms with van der Waals surface area (Å²) in [6.07, 6.45) is 2.36. The lowest BCUT2D eigenvalue weighted by Gasteiger charge is -2.33. The van der Waals surface area contributed by atoms with Gasteiger partial charge in [-0.05, 0) is 72.5 Å². The van der Waals surface area contributed by atoms with Gasteiger partial charge in [0.2, 0.25) is 0 Å². The lowest BCUT2D eigenvalue weighted by atomic mass is 10.1. The van der Waals surface area contributed by atoms with E-state index in [0.29, 0.717) is 5.69 Å². The van der Waals surface area contributed by atoms with Gasteiger partial charge in [0, 0.05) is 31.6 Å². The molecule has 1 aliphatic rings. The van der Waals surface area contributed by atoms with E-state index in [2.05, 4.69) is 9.62 Å². The van der Waals surface area contributed by atoms with E-state index in [1.165, 1.54) is 12.1 Å². The molecule has 0 aromatic heterocycles. The van der Waals surface area contributed by atoms with E-state index in [-0.39, 0.29) is 16.8 Å². The summed E-state index contributed by atoms with van der Waals surface area (Å²) in [5.74, 6) is -0.308. The number of ether oxygens (including phenoxy) is 1. The molecule has 0 spiro atoms. The van der Waals surface area contributed by atoms with Gasteiger partial charge in [0.15, 0.2) is 0 Å². The van der Waals surface area contributed by atoms with Crippen LogP contribution in [0.3, 0.4) is 0 Å². The molecule has 0 amide bonds. The number of hydrogen-bond acceptors (Lipinski definition) is 4. The van der Waals surface area contributed by atoms with Crippen LogP contribution in [0.15, 0.2) is 77.7 Å². The van der Waals surface area contributed by atoms with Crippen molar-refractivity contribution in [2.24, 2.45) is 0 Å². The van der Waals surface area contributed by atoms with Gasteiger partial charge in [0.05, 0.1) is 11.0 Å². The van der Waals surface area contributed by atoms with Gasteiger partial charge >= 0.3 is 0 Å². The zero-order chi connectivity index (χ0) is 21.8. The first-order valence-corrected chi connectivity index (χ1v) is 11.7. The molecule has 1 aliphatic heterocycles. The highest BCUT2D eigenvalue weighted by Crippen LogP contribution is 2.25. The number of benzene rings is 3. The van der Waals surface area contributed by atoms with Crippen LogP contribution < -0.4 is 9.62 Å². The molecule has 31 heavy (non-hydrogen) atoms. The van der Waals surface area contributed by atoms with Crippen molar-refractivity contribution in [2.45, 2.75) is 23.8 Å². The van der Waals surface area contributed by atoms with Gasteiger partial charge in [0.25, 0.3) is 10.0 Å². The molecule has 1 heterocycles. The third-order valence-electron chi connectivity index (χ3n) is 5.54. The van der Waals surface area contributed by atoms with Crippen LogP contribution in [0.5, 0.6) is 0 Å². The number of hydrogen-bond donors (Lipinski definition) is 1. The first kappa shape index (κ1) is 21.3. The van der Waals surface area contributed by atoms with Gasteiger partial charge in [-0.2, -0.15) is 0 Å². The number of nitrogens with zero attached hydrogens (tertiary/aromatic N) is 1. The molecule has 0 aliphatic carbocycles. The minimum absolute atomic E-state index is 0.168. The van der Waals surface area contributed by atoms with Gasteiger partial charge < -0.3 is 9.64 Å². The average Bonchev–Trinajstić information content (AvgIpc) is 2.80. The Balaban J connectivity index is 1.45. The Kier molecular flexibility index (Phi) is 6.25. The minimum Gasteiger partial charge on any atom is -0.380 e. The van der Waals surface area contributed by atoms with Crippen molar-refractivity contribution >= 4 is 21.4 Å². The fourth-order valence-corrected chi connectivity index (χ4v) is 4.85. The summed E-state index contributed by atoms with van der Waals surface area (Å²) in [4.78, 5) is 2.42. The van der Waals surface area contributed by atoms with Gasteiger partial charge in [-0.25, -0.2) is 12.8 Å². The maximum absolute atomic E-state index is 13.1. The number of methoxy groups -OCH3 is 1. The van der Waals surface area contributed by atoms with Gasteiger partial charge in [-0.1, -0.05) is 24.3 Å². The standard InChI is InChI=1S/C24H25FN2O3S/c1-30-23-3-2-16-27(17-23)22-12-10-21(11-13-22)26-31(28,29)24-14-6-19(7-15-24)18-4-8-20(25)9-5-18/h4-15,23,26H,2-3,16-17H2,1H3. The molecular weight excluding hydrogens is 415 g/mol. The minimum atomic E-state index is -3.71. The van der Waals surface area contributed by atoms with Crippen LogP contribution in [-0.4, -0.2) is 34.7 Å². The third-order valence-corrected chi connectivity index (χ3v) is 6.94. The molecule has 1 N–H and O–H groups in total. The van der Waals surface area contributed by atoms with Crippen LogP contribution in [0.25, 0.3) is 11.1 Å². The fourth-order valence-electron chi connectivity index (χ4n) is 3.79. The Hall–Kier alpha value is -2.90. The molecule has 1 unspecified atom stereocenters. The van der Waals surface area contributed by atoms with Crippen LogP contribution in [-0.2, 0) is 14.8 Å². The van der Waals surface area contributed by atoms with E-state index < -0.39 is 10.0 Å². The summed E-state index contributed by atoms with van der Waals surface area (Å²) in [7, 11) is -1.98. The predicted molar refractivity (Wildman–Crippen MR) is 121 cm³/mol. The highest BCUT2D eigenvalue weighted by Gasteiger charge is 2.20. The highest BCUT2D eigenvalue weighted by atomic mass is 32.2. The van der Waals surface area contributed by atoms with Gasteiger partial charge in [-0.15, -0.1) is 0 Å². The van der Waals surface area contributed by atoms with Gasteiger partial charge in [-0.3, -0.25) is 4.72 Å². The second kappa shape index (κ2) is 9.08. The topological polar surface area (TPSA) is 58.6 Å². The number of anilines is 2. The van der Waals surface area contributed by atoms with Crippen LogP contribution >= 0.6 is 0 Å². The number of nitrogens with one attached hydrogen (secondary N) is 1.